The maximum atomic E-state index is 11.7. The average molecular weight is 253 g/mol. The van der Waals surface area contributed by atoms with Gasteiger partial charge in [0.05, 0.1) is 0 Å². The Labute approximate surface area is 113 Å². The molecule has 0 amide bonds. The standard InChI is InChI=1S/C16H31NO/c1-3-4-5-6-7-8-9-11-15(2)14-17(18)16-12-10-13-16/h14-16H,3-13H2,1-2H3. The number of hydroxylamine groups is 1. The van der Waals surface area contributed by atoms with Crippen molar-refractivity contribution in [1.29, 1.82) is 0 Å². The zero-order chi connectivity index (χ0) is 13.2. The number of hydrogen-bond acceptors (Lipinski definition) is 1. The van der Waals surface area contributed by atoms with Crippen LogP contribution in [0.25, 0.3) is 0 Å². The maximum absolute atomic E-state index is 11.7. The zero-order valence-corrected chi connectivity index (χ0v) is 12.4. The Morgan fingerprint density at radius 2 is 1.72 bits per heavy atom. The lowest BCUT2D eigenvalue weighted by atomic mass is 9.93. The summed E-state index contributed by atoms with van der Waals surface area (Å²) in [4.78, 5) is 0. The molecular formula is C16H31NO. The summed E-state index contributed by atoms with van der Waals surface area (Å²) in [5.74, 6) is 0.457. The van der Waals surface area contributed by atoms with Gasteiger partial charge in [0.25, 0.3) is 0 Å². The fourth-order valence-corrected chi connectivity index (χ4v) is 2.51. The second kappa shape index (κ2) is 9.41. The highest BCUT2D eigenvalue weighted by atomic mass is 16.5. The summed E-state index contributed by atoms with van der Waals surface area (Å²) in [6.45, 7) is 4.44. The van der Waals surface area contributed by atoms with E-state index in [0.29, 0.717) is 12.0 Å². The Bertz CT molecular complexity index is 233. The van der Waals surface area contributed by atoms with Gasteiger partial charge in [-0.25, -0.2) is 4.74 Å². The Kier molecular flexibility index (Phi) is 8.11. The second-order valence-corrected chi connectivity index (χ2v) is 5.98. The minimum absolute atomic E-state index is 0.307. The third-order valence-corrected chi connectivity index (χ3v) is 4.10. The minimum atomic E-state index is 0.307. The number of nitrogens with zero attached hydrogens (tertiary/aromatic N) is 1. The maximum Gasteiger partial charge on any atom is 0.162 e. The monoisotopic (exact) mass is 253 g/mol. The molecule has 0 aliphatic heterocycles. The molecule has 0 heterocycles. The molecule has 0 saturated heterocycles. The predicted molar refractivity (Wildman–Crippen MR) is 79.1 cm³/mol. The van der Waals surface area contributed by atoms with Crippen molar-refractivity contribution >= 4 is 6.21 Å². The van der Waals surface area contributed by atoms with Crippen molar-refractivity contribution in [3.63, 3.8) is 0 Å². The van der Waals surface area contributed by atoms with E-state index in [-0.39, 0.29) is 0 Å². The van der Waals surface area contributed by atoms with Crippen LogP contribution < -0.4 is 0 Å². The SMILES string of the molecule is CCCCCCCCCC(C)C=[N+]([O-])C1CCC1. The fraction of sp³-hybridized carbons (Fsp3) is 0.938. The van der Waals surface area contributed by atoms with E-state index in [0.717, 1.165) is 12.8 Å². The molecule has 106 valence electrons. The van der Waals surface area contributed by atoms with Crippen LogP contribution in [0.2, 0.25) is 0 Å². The molecule has 1 unspecified atom stereocenters. The van der Waals surface area contributed by atoms with Crippen LogP contribution in [0.4, 0.5) is 0 Å². The zero-order valence-electron chi connectivity index (χ0n) is 12.4. The van der Waals surface area contributed by atoms with Crippen molar-refractivity contribution in [3.8, 4) is 0 Å². The van der Waals surface area contributed by atoms with Crippen molar-refractivity contribution < 1.29 is 4.74 Å². The molecule has 1 fully saturated rings. The predicted octanol–water partition coefficient (Wildman–Crippen LogP) is 4.90. The lowest BCUT2D eigenvalue weighted by Gasteiger charge is -2.24. The van der Waals surface area contributed by atoms with Gasteiger partial charge in [-0.15, -0.1) is 0 Å². The van der Waals surface area contributed by atoms with E-state index in [1.807, 2.05) is 6.21 Å². The summed E-state index contributed by atoms with van der Waals surface area (Å²) in [6, 6.07) is 0.307. The number of hydrogen-bond donors (Lipinski definition) is 0. The van der Waals surface area contributed by atoms with E-state index in [9.17, 15) is 5.21 Å². The van der Waals surface area contributed by atoms with E-state index < -0.39 is 0 Å². The summed E-state index contributed by atoms with van der Waals surface area (Å²) in [5.41, 5.74) is 0. The number of unbranched alkanes of at least 4 members (excludes halogenated alkanes) is 6. The van der Waals surface area contributed by atoms with Crippen LogP contribution in [-0.2, 0) is 0 Å². The molecule has 1 rings (SSSR count). The van der Waals surface area contributed by atoms with Crippen LogP contribution in [0.5, 0.6) is 0 Å². The van der Waals surface area contributed by atoms with Gasteiger partial charge in [0, 0.05) is 18.8 Å². The van der Waals surface area contributed by atoms with Gasteiger partial charge in [0.2, 0.25) is 0 Å². The van der Waals surface area contributed by atoms with Gasteiger partial charge < -0.3 is 5.21 Å². The normalized spacial score (nSPS) is 18.7. The van der Waals surface area contributed by atoms with E-state index in [2.05, 4.69) is 13.8 Å². The molecule has 1 atom stereocenters. The number of rotatable bonds is 10. The van der Waals surface area contributed by atoms with Crippen LogP contribution in [0.3, 0.4) is 0 Å². The van der Waals surface area contributed by atoms with Crippen LogP contribution in [0.15, 0.2) is 0 Å². The second-order valence-electron chi connectivity index (χ2n) is 5.98. The third kappa shape index (κ3) is 6.42. The van der Waals surface area contributed by atoms with Gasteiger partial charge in [0.15, 0.2) is 12.3 Å². The molecule has 0 spiro atoms. The molecule has 0 bridgehead atoms. The first-order chi connectivity index (χ1) is 8.74. The molecule has 0 aromatic carbocycles. The van der Waals surface area contributed by atoms with Gasteiger partial charge in [-0.1, -0.05) is 58.8 Å². The Hall–Kier alpha value is -0.530. The third-order valence-electron chi connectivity index (χ3n) is 4.10. The van der Waals surface area contributed by atoms with E-state index in [4.69, 9.17) is 0 Å². The van der Waals surface area contributed by atoms with Gasteiger partial charge in [0.1, 0.15) is 0 Å². The van der Waals surface area contributed by atoms with Crippen LogP contribution >= 0.6 is 0 Å². The molecule has 0 aromatic rings. The molecule has 18 heavy (non-hydrogen) atoms. The molecule has 1 aliphatic carbocycles. The summed E-state index contributed by atoms with van der Waals surface area (Å²) in [7, 11) is 0. The first-order valence-corrected chi connectivity index (χ1v) is 8.04. The molecule has 1 saturated carbocycles. The topological polar surface area (TPSA) is 26.1 Å². The van der Waals surface area contributed by atoms with E-state index >= 15 is 0 Å². The summed E-state index contributed by atoms with van der Waals surface area (Å²) in [5, 5.41) is 11.7. The average Bonchev–Trinajstić information content (AvgIpc) is 2.25. The first-order valence-electron chi connectivity index (χ1n) is 8.04. The van der Waals surface area contributed by atoms with Crippen molar-refractivity contribution in [1.82, 2.24) is 0 Å². The Morgan fingerprint density at radius 3 is 2.28 bits per heavy atom. The molecular weight excluding hydrogens is 222 g/mol. The molecule has 0 radical (unpaired) electrons. The van der Waals surface area contributed by atoms with Crippen molar-refractivity contribution in [3.05, 3.63) is 5.21 Å². The highest BCUT2D eigenvalue weighted by Crippen LogP contribution is 2.21. The van der Waals surface area contributed by atoms with Gasteiger partial charge in [-0.05, 0) is 12.8 Å². The fourth-order valence-electron chi connectivity index (χ4n) is 2.51. The van der Waals surface area contributed by atoms with Crippen molar-refractivity contribution in [2.24, 2.45) is 5.92 Å². The summed E-state index contributed by atoms with van der Waals surface area (Å²) in [6.07, 6.45) is 16.0. The Morgan fingerprint density at radius 1 is 1.11 bits per heavy atom. The molecule has 2 heteroatoms. The molecule has 2 nitrogen and oxygen atoms in total. The molecule has 0 aromatic heterocycles. The Balaban J connectivity index is 1.97. The first kappa shape index (κ1) is 15.5. The van der Waals surface area contributed by atoms with Gasteiger partial charge >= 0.3 is 0 Å². The van der Waals surface area contributed by atoms with E-state index in [1.54, 1.807) is 0 Å². The molecule has 0 N–H and O–H groups in total. The summed E-state index contributed by atoms with van der Waals surface area (Å²) >= 11 is 0. The van der Waals surface area contributed by atoms with Crippen LogP contribution in [0.1, 0.15) is 84.5 Å². The van der Waals surface area contributed by atoms with Crippen molar-refractivity contribution in [2.45, 2.75) is 90.5 Å². The van der Waals surface area contributed by atoms with Crippen LogP contribution in [-0.4, -0.2) is 17.0 Å². The van der Waals surface area contributed by atoms with Gasteiger partial charge in [-0.2, -0.15) is 0 Å². The highest BCUT2D eigenvalue weighted by Gasteiger charge is 2.24. The smallest absolute Gasteiger partial charge is 0.162 e. The largest absolute Gasteiger partial charge is 0.624 e. The van der Waals surface area contributed by atoms with Crippen LogP contribution in [0, 0.1) is 11.1 Å². The van der Waals surface area contributed by atoms with Crippen molar-refractivity contribution in [2.75, 3.05) is 0 Å². The van der Waals surface area contributed by atoms with E-state index in [1.165, 1.54) is 62.5 Å². The quantitative estimate of drug-likeness (QED) is 0.179. The van der Waals surface area contributed by atoms with Gasteiger partial charge in [-0.3, -0.25) is 0 Å². The lowest BCUT2D eigenvalue weighted by Crippen LogP contribution is -2.30. The minimum Gasteiger partial charge on any atom is -0.624 e. The molecule has 1 aliphatic rings. The highest BCUT2D eigenvalue weighted by molar-refractivity contribution is 5.54. The lowest BCUT2D eigenvalue weighted by molar-refractivity contribution is -0.513. The summed E-state index contributed by atoms with van der Waals surface area (Å²) < 4.78 is 1.23.